The van der Waals surface area contributed by atoms with Gasteiger partial charge in [-0.3, -0.25) is 0 Å². The van der Waals surface area contributed by atoms with Crippen molar-refractivity contribution < 1.29 is 4.74 Å². The Bertz CT molecular complexity index is 377. The number of benzene rings is 1. The molecule has 0 unspecified atom stereocenters. The second-order valence-electron chi connectivity index (χ2n) is 6.28. The van der Waals surface area contributed by atoms with Crippen LogP contribution in [-0.4, -0.2) is 13.2 Å². The zero-order chi connectivity index (χ0) is 13.7. The van der Waals surface area contributed by atoms with Gasteiger partial charge in [0.05, 0.1) is 6.61 Å². The van der Waals surface area contributed by atoms with Crippen LogP contribution in [0.15, 0.2) is 24.3 Å². The van der Waals surface area contributed by atoms with Gasteiger partial charge in [0.15, 0.2) is 0 Å². The molecule has 1 fully saturated rings. The summed E-state index contributed by atoms with van der Waals surface area (Å²) in [5.41, 5.74) is 7.44. The quantitative estimate of drug-likeness (QED) is 0.875. The molecule has 1 aliphatic rings. The predicted molar refractivity (Wildman–Crippen MR) is 80.4 cm³/mol. The van der Waals surface area contributed by atoms with E-state index in [0.29, 0.717) is 5.41 Å². The van der Waals surface area contributed by atoms with Crippen molar-refractivity contribution >= 4 is 0 Å². The third-order valence-electron chi connectivity index (χ3n) is 4.56. The Kier molecular flexibility index (Phi) is 4.87. The van der Waals surface area contributed by atoms with E-state index in [2.05, 4.69) is 38.1 Å². The SMILES string of the molecule is CCc1ccc(OCC2(C)CCC(CN)CC2)cc1. The molecule has 1 saturated carbocycles. The molecule has 0 aromatic heterocycles. The second-order valence-corrected chi connectivity index (χ2v) is 6.28. The maximum absolute atomic E-state index is 5.99. The Morgan fingerprint density at radius 1 is 1.21 bits per heavy atom. The molecule has 0 saturated heterocycles. The van der Waals surface area contributed by atoms with Crippen LogP contribution in [0.3, 0.4) is 0 Å². The van der Waals surface area contributed by atoms with E-state index in [4.69, 9.17) is 10.5 Å². The Morgan fingerprint density at radius 3 is 2.37 bits per heavy atom. The van der Waals surface area contributed by atoms with Crippen molar-refractivity contribution in [3.63, 3.8) is 0 Å². The molecule has 2 nitrogen and oxygen atoms in total. The van der Waals surface area contributed by atoms with Crippen LogP contribution in [0.1, 0.15) is 45.1 Å². The summed E-state index contributed by atoms with van der Waals surface area (Å²) in [5.74, 6) is 1.73. The molecule has 0 atom stereocenters. The van der Waals surface area contributed by atoms with Gasteiger partial charge in [0, 0.05) is 5.41 Å². The number of nitrogens with two attached hydrogens (primary N) is 1. The Hall–Kier alpha value is -1.02. The second kappa shape index (κ2) is 6.42. The lowest BCUT2D eigenvalue weighted by Gasteiger charge is -2.36. The van der Waals surface area contributed by atoms with Crippen LogP contribution >= 0.6 is 0 Å². The molecule has 0 heterocycles. The lowest BCUT2D eigenvalue weighted by Crippen LogP contribution is -2.32. The summed E-state index contributed by atoms with van der Waals surface area (Å²) in [5, 5.41) is 0. The molecule has 106 valence electrons. The van der Waals surface area contributed by atoms with Gasteiger partial charge in [-0.1, -0.05) is 26.0 Å². The fourth-order valence-electron chi connectivity index (χ4n) is 2.83. The van der Waals surface area contributed by atoms with E-state index in [0.717, 1.165) is 31.2 Å². The van der Waals surface area contributed by atoms with Crippen molar-refractivity contribution in [3.05, 3.63) is 29.8 Å². The average Bonchev–Trinajstić information content (AvgIpc) is 2.47. The maximum atomic E-state index is 5.99. The molecular weight excluding hydrogens is 234 g/mol. The maximum Gasteiger partial charge on any atom is 0.119 e. The van der Waals surface area contributed by atoms with Crippen molar-refractivity contribution in [1.82, 2.24) is 0 Å². The van der Waals surface area contributed by atoms with Gasteiger partial charge in [-0.15, -0.1) is 0 Å². The fraction of sp³-hybridized carbons (Fsp3) is 0.647. The van der Waals surface area contributed by atoms with E-state index >= 15 is 0 Å². The van der Waals surface area contributed by atoms with Crippen LogP contribution in [0, 0.1) is 11.3 Å². The van der Waals surface area contributed by atoms with Gasteiger partial charge < -0.3 is 10.5 Å². The van der Waals surface area contributed by atoms with Gasteiger partial charge in [-0.25, -0.2) is 0 Å². The van der Waals surface area contributed by atoms with Gasteiger partial charge in [-0.05, 0) is 62.3 Å². The molecule has 19 heavy (non-hydrogen) atoms. The summed E-state index contributed by atoms with van der Waals surface area (Å²) < 4.78 is 5.99. The summed E-state index contributed by atoms with van der Waals surface area (Å²) in [6, 6.07) is 8.49. The fourth-order valence-corrected chi connectivity index (χ4v) is 2.83. The van der Waals surface area contributed by atoms with E-state index < -0.39 is 0 Å². The standard InChI is InChI=1S/C17H27NO/c1-3-14-4-6-16(7-5-14)19-13-17(2)10-8-15(12-18)9-11-17/h4-7,15H,3,8-13,18H2,1-2H3. The van der Waals surface area contributed by atoms with E-state index in [9.17, 15) is 0 Å². The van der Waals surface area contributed by atoms with Gasteiger partial charge >= 0.3 is 0 Å². The third-order valence-corrected chi connectivity index (χ3v) is 4.56. The zero-order valence-corrected chi connectivity index (χ0v) is 12.3. The minimum Gasteiger partial charge on any atom is -0.493 e. The average molecular weight is 261 g/mol. The third kappa shape index (κ3) is 3.97. The van der Waals surface area contributed by atoms with E-state index in [1.54, 1.807) is 0 Å². The van der Waals surface area contributed by atoms with Crippen LogP contribution in [0.25, 0.3) is 0 Å². The largest absolute Gasteiger partial charge is 0.493 e. The summed E-state index contributed by atoms with van der Waals surface area (Å²) in [6.07, 6.45) is 6.07. The number of aryl methyl sites for hydroxylation is 1. The van der Waals surface area contributed by atoms with Crippen LogP contribution in [-0.2, 0) is 6.42 Å². The Morgan fingerprint density at radius 2 is 1.84 bits per heavy atom. The van der Waals surface area contributed by atoms with Crippen molar-refractivity contribution in [3.8, 4) is 5.75 Å². The molecular formula is C17H27NO. The van der Waals surface area contributed by atoms with Crippen molar-refractivity contribution in [2.45, 2.75) is 46.0 Å². The highest BCUT2D eigenvalue weighted by Gasteiger charge is 2.31. The number of hydrogen-bond donors (Lipinski definition) is 1. The lowest BCUT2D eigenvalue weighted by atomic mass is 9.72. The first-order valence-electron chi connectivity index (χ1n) is 7.57. The van der Waals surface area contributed by atoms with E-state index in [1.807, 2.05) is 0 Å². The summed E-state index contributed by atoms with van der Waals surface area (Å²) in [6.45, 7) is 6.19. The van der Waals surface area contributed by atoms with Gasteiger partial charge in [0.1, 0.15) is 5.75 Å². The van der Waals surface area contributed by atoms with Gasteiger partial charge in [0.2, 0.25) is 0 Å². The number of rotatable bonds is 5. The molecule has 0 bridgehead atoms. The Balaban J connectivity index is 1.84. The smallest absolute Gasteiger partial charge is 0.119 e. The minimum atomic E-state index is 0.328. The van der Waals surface area contributed by atoms with Crippen LogP contribution < -0.4 is 10.5 Å². The van der Waals surface area contributed by atoms with E-state index in [-0.39, 0.29) is 0 Å². The molecule has 0 aliphatic heterocycles. The van der Waals surface area contributed by atoms with Crippen LogP contribution in [0.5, 0.6) is 5.75 Å². The zero-order valence-electron chi connectivity index (χ0n) is 12.3. The molecule has 0 spiro atoms. The highest BCUT2D eigenvalue weighted by Crippen LogP contribution is 2.38. The van der Waals surface area contributed by atoms with Crippen LogP contribution in [0.4, 0.5) is 0 Å². The molecule has 2 heteroatoms. The van der Waals surface area contributed by atoms with E-state index in [1.165, 1.54) is 31.2 Å². The summed E-state index contributed by atoms with van der Waals surface area (Å²) in [4.78, 5) is 0. The minimum absolute atomic E-state index is 0.328. The van der Waals surface area contributed by atoms with Crippen LogP contribution in [0.2, 0.25) is 0 Å². The normalized spacial score (nSPS) is 27.2. The monoisotopic (exact) mass is 261 g/mol. The Labute approximate surface area is 117 Å². The van der Waals surface area contributed by atoms with Gasteiger partial charge in [0.25, 0.3) is 0 Å². The molecule has 0 radical (unpaired) electrons. The highest BCUT2D eigenvalue weighted by atomic mass is 16.5. The highest BCUT2D eigenvalue weighted by molar-refractivity contribution is 5.27. The topological polar surface area (TPSA) is 35.2 Å². The summed E-state index contributed by atoms with van der Waals surface area (Å²) in [7, 11) is 0. The van der Waals surface area contributed by atoms with Gasteiger partial charge in [-0.2, -0.15) is 0 Å². The number of ether oxygens (including phenoxy) is 1. The molecule has 2 N–H and O–H groups in total. The molecule has 1 aromatic carbocycles. The molecule has 2 rings (SSSR count). The molecule has 0 amide bonds. The molecule has 1 aliphatic carbocycles. The number of hydrogen-bond acceptors (Lipinski definition) is 2. The lowest BCUT2D eigenvalue weighted by molar-refractivity contribution is 0.0960. The summed E-state index contributed by atoms with van der Waals surface area (Å²) >= 11 is 0. The van der Waals surface area contributed by atoms with Crippen molar-refractivity contribution in [2.24, 2.45) is 17.1 Å². The predicted octanol–water partition coefficient (Wildman–Crippen LogP) is 3.78. The first-order valence-corrected chi connectivity index (χ1v) is 7.57. The van der Waals surface area contributed by atoms with Crippen molar-refractivity contribution in [1.29, 1.82) is 0 Å². The van der Waals surface area contributed by atoms with Crippen molar-refractivity contribution in [2.75, 3.05) is 13.2 Å². The first kappa shape index (κ1) is 14.4. The molecule has 1 aromatic rings. The first-order chi connectivity index (χ1) is 9.15.